The highest BCUT2D eigenvalue weighted by molar-refractivity contribution is 5.77. The van der Waals surface area contributed by atoms with Crippen LogP contribution in [0.5, 0.6) is 0 Å². The molecular weight excluding hydrogens is 236 g/mol. The number of nitrogens with one attached hydrogen (secondary N) is 1. The molecule has 1 saturated heterocycles. The Balaban J connectivity index is 1.85. The van der Waals surface area contributed by atoms with Crippen molar-refractivity contribution >= 4 is 12.0 Å². The SMILES string of the molecule is C[C@@H]1CN(C(=O)NCc2ccco2)C[C@H]1C(=O)O. The van der Waals surface area contributed by atoms with E-state index in [1.165, 1.54) is 4.90 Å². The highest BCUT2D eigenvalue weighted by Gasteiger charge is 2.36. The first-order valence-electron chi connectivity index (χ1n) is 5.86. The Kier molecular flexibility index (Phi) is 3.55. The molecule has 1 aliphatic rings. The monoisotopic (exact) mass is 252 g/mol. The molecule has 2 atom stereocenters. The van der Waals surface area contributed by atoms with E-state index in [4.69, 9.17) is 9.52 Å². The van der Waals surface area contributed by atoms with Gasteiger partial charge in [-0.15, -0.1) is 0 Å². The summed E-state index contributed by atoms with van der Waals surface area (Å²) in [5.41, 5.74) is 0. The molecule has 1 aliphatic heterocycles. The van der Waals surface area contributed by atoms with Gasteiger partial charge in [0.25, 0.3) is 0 Å². The normalized spacial score (nSPS) is 23.1. The fourth-order valence-electron chi connectivity index (χ4n) is 2.14. The molecular formula is C12H16N2O4. The number of hydrogen-bond acceptors (Lipinski definition) is 3. The van der Waals surface area contributed by atoms with E-state index in [1.807, 2.05) is 6.92 Å². The van der Waals surface area contributed by atoms with Gasteiger partial charge in [-0.3, -0.25) is 4.79 Å². The van der Waals surface area contributed by atoms with Crippen LogP contribution in [0.4, 0.5) is 4.79 Å². The van der Waals surface area contributed by atoms with Crippen LogP contribution in [0.2, 0.25) is 0 Å². The van der Waals surface area contributed by atoms with Crippen LogP contribution >= 0.6 is 0 Å². The molecule has 2 N–H and O–H groups in total. The maximum absolute atomic E-state index is 11.8. The number of amides is 2. The van der Waals surface area contributed by atoms with Crippen molar-refractivity contribution in [3.8, 4) is 0 Å². The molecule has 1 aromatic heterocycles. The summed E-state index contributed by atoms with van der Waals surface area (Å²) in [6.45, 7) is 2.90. The summed E-state index contributed by atoms with van der Waals surface area (Å²) in [7, 11) is 0. The van der Waals surface area contributed by atoms with E-state index in [0.29, 0.717) is 18.8 Å². The van der Waals surface area contributed by atoms with E-state index < -0.39 is 11.9 Å². The van der Waals surface area contributed by atoms with Crippen molar-refractivity contribution in [3.05, 3.63) is 24.2 Å². The van der Waals surface area contributed by atoms with Crippen molar-refractivity contribution in [3.63, 3.8) is 0 Å². The molecule has 0 radical (unpaired) electrons. The summed E-state index contributed by atoms with van der Waals surface area (Å²) < 4.78 is 5.10. The lowest BCUT2D eigenvalue weighted by atomic mass is 9.99. The zero-order valence-corrected chi connectivity index (χ0v) is 10.1. The maximum Gasteiger partial charge on any atom is 0.317 e. The largest absolute Gasteiger partial charge is 0.481 e. The molecule has 0 aliphatic carbocycles. The number of carbonyl (C=O) groups excluding carboxylic acids is 1. The van der Waals surface area contributed by atoms with Gasteiger partial charge in [0.15, 0.2) is 0 Å². The van der Waals surface area contributed by atoms with Gasteiger partial charge in [-0.2, -0.15) is 0 Å². The van der Waals surface area contributed by atoms with Gasteiger partial charge in [0.05, 0.1) is 18.7 Å². The number of carboxylic acid groups (broad SMARTS) is 1. The van der Waals surface area contributed by atoms with Crippen molar-refractivity contribution in [2.45, 2.75) is 13.5 Å². The summed E-state index contributed by atoms with van der Waals surface area (Å²) in [4.78, 5) is 24.3. The van der Waals surface area contributed by atoms with Crippen molar-refractivity contribution in [2.24, 2.45) is 11.8 Å². The minimum atomic E-state index is -0.844. The lowest BCUT2D eigenvalue weighted by Gasteiger charge is -2.16. The number of furan rings is 1. The lowest BCUT2D eigenvalue weighted by molar-refractivity contribution is -0.142. The summed E-state index contributed by atoms with van der Waals surface area (Å²) in [6, 6.07) is 3.27. The number of likely N-dealkylation sites (tertiary alicyclic amines) is 1. The highest BCUT2D eigenvalue weighted by atomic mass is 16.4. The molecule has 0 spiro atoms. The van der Waals surface area contributed by atoms with Gasteiger partial charge in [-0.25, -0.2) is 4.79 Å². The average molecular weight is 252 g/mol. The van der Waals surface area contributed by atoms with E-state index in [-0.39, 0.29) is 18.5 Å². The molecule has 0 bridgehead atoms. The minimum Gasteiger partial charge on any atom is -0.481 e. The number of aliphatic carboxylic acids is 1. The number of rotatable bonds is 3. The van der Waals surface area contributed by atoms with Gasteiger partial charge in [0.1, 0.15) is 5.76 Å². The number of nitrogens with zero attached hydrogens (tertiary/aromatic N) is 1. The zero-order chi connectivity index (χ0) is 13.1. The van der Waals surface area contributed by atoms with Gasteiger partial charge in [-0.1, -0.05) is 6.92 Å². The second-order valence-corrected chi connectivity index (χ2v) is 4.57. The molecule has 2 rings (SSSR count). The van der Waals surface area contributed by atoms with Crippen molar-refractivity contribution in [1.82, 2.24) is 10.2 Å². The van der Waals surface area contributed by atoms with Crippen LogP contribution < -0.4 is 5.32 Å². The Hall–Kier alpha value is -1.98. The minimum absolute atomic E-state index is 0.0168. The van der Waals surface area contributed by atoms with Crippen LogP contribution in [0.15, 0.2) is 22.8 Å². The number of hydrogen-bond donors (Lipinski definition) is 2. The van der Waals surface area contributed by atoms with Crippen LogP contribution in [0.3, 0.4) is 0 Å². The van der Waals surface area contributed by atoms with Crippen LogP contribution in [0.25, 0.3) is 0 Å². The lowest BCUT2D eigenvalue weighted by Crippen LogP contribution is -2.38. The van der Waals surface area contributed by atoms with Crippen molar-refractivity contribution in [1.29, 1.82) is 0 Å². The third-order valence-electron chi connectivity index (χ3n) is 3.21. The standard InChI is InChI=1S/C12H16N2O4/c1-8-6-14(7-10(8)11(15)16)12(17)13-5-9-3-2-4-18-9/h2-4,8,10H,5-7H2,1H3,(H,13,17)(H,15,16)/t8-,10-/m1/s1. The summed E-state index contributed by atoms with van der Waals surface area (Å²) in [5, 5.41) is 11.7. The maximum atomic E-state index is 11.8. The van der Waals surface area contributed by atoms with Gasteiger partial charge in [0.2, 0.25) is 0 Å². The topological polar surface area (TPSA) is 82.8 Å². The first-order valence-corrected chi connectivity index (χ1v) is 5.86. The van der Waals surface area contributed by atoms with E-state index in [9.17, 15) is 9.59 Å². The highest BCUT2D eigenvalue weighted by Crippen LogP contribution is 2.23. The molecule has 6 heteroatoms. The second kappa shape index (κ2) is 5.12. The predicted molar refractivity (Wildman–Crippen MR) is 62.8 cm³/mol. The molecule has 0 aromatic carbocycles. The van der Waals surface area contributed by atoms with Gasteiger partial charge < -0.3 is 19.7 Å². The number of carbonyl (C=O) groups is 2. The van der Waals surface area contributed by atoms with Crippen LogP contribution in [-0.2, 0) is 11.3 Å². The summed E-state index contributed by atoms with van der Waals surface area (Å²) >= 11 is 0. The Morgan fingerprint density at radius 2 is 2.33 bits per heavy atom. The Morgan fingerprint density at radius 1 is 1.56 bits per heavy atom. The first-order chi connectivity index (χ1) is 8.58. The Morgan fingerprint density at radius 3 is 2.89 bits per heavy atom. The molecule has 98 valence electrons. The number of urea groups is 1. The zero-order valence-electron chi connectivity index (χ0n) is 10.1. The molecule has 2 amide bonds. The second-order valence-electron chi connectivity index (χ2n) is 4.57. The Labute approximate surface area is 105 Å². The predicted octanol–water partition coefficient (Wildman–Crippen LogP) is 1.14. The molecule has 6 nitrogen and oxygen atoms in total. The molecule has 1 aromatic rings. The van der Waals surface area contributed by atoms with Crippen molar-refractivity contribution in [2.75, 3.05) is 13.1 Å². The van der Waals surface area contributed by atoms with E-state index in [2.05, 4.69) is 5.32 Å². The summed E-state index contributed by atoms with van der Waals surface area (Å²) in [5.74, 6) is -0.662. The van der Waals surface area contributed by atoms with Crippen molar-refractivity contribution < 1.29 is 19.1 Å². The fraction of sp³-hybridized carbons (Fsp3) is 0.500. The molecule has 1 fully saturated rings. The van der Waals surface area contributed by atoms with Gasteiger partial charge in [0, 0.05) is 13.1 Å². The first kappa shape index (κ1) is 12.5. The summed E-state index contributed by atoms with van der Waals surface area (Å²) in [6.07, 6.45) is 1.54. The third-order valence-corrected chi connectivity index (χ3v) is 3.21. The van der Waals surface area contributed by atoms with Gasteiger partial charge >= 0.3 is 12.0 Å². The number of carboxylic acids is 1. The molecule has 2 heterocycles. The quantitative estimate of drug-likeness (QED) is 0.845. The molecule has 0 unspecified atom stereocenters. The Bertz CT molecular complexity index is 429. The van der Waals surface area contributed by atoms with E-state index in [1.54, 1.807) is 18.4 Å². The third kappa shape index (κ3) is 2.64. The molecule has 18 heavy (non-hydrogen) atoms. The van der Waals surface area contributed by atoms with Crippen LogP contribution in [0, 0.1) is 11.8 Å². The van der Waals surface area contributed by atoms with Gasteiger partial charge in [-0.05, 0) is 18.1 Å². The molecule has 0 saturated carbocycles. The average Bonchev–Trinajstić information content (AvgIpc) is 2.94. The van der Waals surface area contributed by atoms with Crippen LogP contribution in [-0.4, -0.2) is 35.1 Å². The smallest absolute Gasteiger partial charge is 0.317 e. The van der Waals surface area contributed by atoms with Crippen LogP contribution in [0.1, 0.15) is 12.7 Å². The van der Waals surface area contributed by atoms with E-state index in [0.717, 1.165) is 0 Å². The fourth-order valence-corrected chi connectivity index (χ4v) is 2.14. The van der Waals surface area contributed by atoms with E-state index >= 15 is 0 Å².